The summed E-state index contributed by atoms with van der Waals surface area (Å²) in [5, 5.41) is 0. The maximum absolute atomic E-state index is 14.9. The molecule has 1 heterocycles. The molecule has 1 unspecified atom stereocenters. The molecular formula is C27H25F8NO3S. The molecule has 5 rings (SSSR count). The van der Waals surface area contributed by atoms with Gasteiger partial charge in [0, 0.05) is 30.0 Å². The minimum absolute atomic E-state index is 0.0225. The minimum atomic E-state index is -6.32. The smallest absolute Gasteiger partial charge is 0.339 e. The second-order valence-corrected chi connectivity index (χ2v) is 13.1. The van der Waals surface area contributed by atoms with E-state index in [9.17, 15) is 48.3 Å². The predicted octanol–water partition coefficient (Wildman–Crippen LogP) is 6.38. The molecule has 4 nitrogen and oxygen atoms in total. The number of benzene rings is 2. The van der Waals surface area contributed by atoms with Crippen LogP contribution in [0.2, 0.25) is 0 Å². The zero-order chi connectivity index (χ0) is 29.5. The number of nitrogens with zero attached hydrogens (tertiary/aromatic N) is 1. The Labute approximate surface area is 225 Å². The van der Waals surface area contributed by atoms with E-state index >= 15 is 0 Å². The van der Waals surface area contributed by atoms with E-state index in [1.807, 2.05) is 0 Å². The van der Waals surface area contributed by atoms with Crippen LogP contribution in [0.25, 0.3) is 0 Å². The molecule has 0 aromatic heterocycles. The van der Waals surface area contributed by atoms with Gasteiger partial charge in [0.1, 0.15) is 10.6 Å². The topological polar surface area (TPSA) is 54.5 Å². The molecule has 1 saturated carbocycles. The third-order valence-corrected chi connectivity index (χ3v) is 11.4. The van der Waals surface area contributed by atoms with Gasteiger partial charge in [0.05, 0.1) is 4.90 Å². The summed E-state index contributed by atoms with van der Waals surface area (Å²) in [6, 6.07) is 5.10. The van der Waals surface area contributed by atoms with Crippen LogP contribution in [0.15, 0.2) is 47.4 Å². The predicted molar refractivity (Wildman–Crippen MR) is 127 cm³/mol. The number of hydrogen-bond donors (Lipinski definition) is 0. The Kier molecular flexibility index (Phi) is 6.59. The summed E-state index contributed by atoms with van der Waals surface area (Å²) in [6.07, 6.45) is -12.0. The van der Waals surface area contributed by atoms with Gasteiger partial charge < -0.3 is 4.90 Å². The highest BCUT2D eigenvalue weighted by molar-refractivity contribution is 7.92. The van der Waals surface area contributed by atoms with Gasteiger partial charge in [0.2, 0.25) is 5.91 Å². The highest BCUT2D eigenvalue weighted by Gasteiger charge is 2.74. The normalized spacial score (nSPS) is 27.6. The first-order chi connectivity index (χ1) is 18.5. The summed E-state index contributed by atoms with van der Waals surface area (Å²) in [5.74, 6) is -1.88. The Morgan fingerprint density at radius 2 is 1.52 bits per heavy atom. The Balaban J connectivity index is 1.70. The van der Waals surface area contributed by atoms with Crippen molar-refractivity contribution < 1.29 is 48.3 Å². The number of alkyl halides is 7. The molecule has 4 atom stereocenters. The zero-order valence-corrected chi connectivity index (χ0v) is 21.9. The van der Waals surface area contributed by atoms with Gasteiger partial charge in [-0.1, -0.05) is 25.1 Å². The van der Waals surface area contributed by atoms with Crippen molar-refractivity contribution in [1.29, 1.82) is 0 Å². The summed E-state index contributed by atoms with van der Waals surface area (Å²) in [6.45, 7) is 2.14. The molecule has 0 spiro atoms. The molecule has 40 heavy (non-hydrogen) atoms. The molecule has 0 bridgehead atoms. The van der Waals surface area contributed by atoms with Crippen molar-refractivity contribution in [3.63, 3.8) is 0 Å². The van der Waals surface area contributed by atoms with Crippen molar-refractivity contribution in [3.05, 3.63) is 65.0 Å². The van der Waals surface area contributed by atoms with E-state index in [1.54, 1.807) is 11.8 Å². The number of rotatable bonds is 4. The maximum atomic E-state index is 14.9. The SMILES string of the molecule is CC1CCN([C@@H]2CC[C@@]3(S(=O)(=O)c4ccc(F)cc4)c4ccc(C(F)(C(F)(F)F)C(F)(F)F)cc4CC[C@@H]23)C1=O. The van der Waals surface area contributed by atoms with E-state index < -0.39 is 55.9 Å². The molecule has 1 aliphatic heterocycles. The van der Waals surface area contributed by atoms with E-state index in [1.165, 1.54) is 0 Å². The van der Waals surface area contributed by atoms with E-state index in [4.69, 9.17) is 0 Å². The lowest BCUT2D eigenvalue weighted by Gasteiger charge is -2.44. The first-order valence-electron chi connectivity index (χ1n) is 12.7. The number of hydrogen-bond acceptors (Lipinski definition) is 3. The maximum Gasteiger partial charge on any atom is 0.435 e. The third kappa shape index (κ3) is 3.89. The number of amides is 1. The largest absolute Gasteiger partial charge is 0.435 e. The Morgan fingerprint density at radius 3 is 2.08 bits per heavy atom. The van der Waals surface area contributed by atoms with Gasteiger partial charge in [-0.2, -0.15) is 26.3 Å². The highest BCUT2D eigenvalue weighted by Crippen LogP contribution is 2.60. The van der Waals surface area contributed by atoms with Crippen LogP contribution in [0, 0.1) is 17.7 Å². The van der Waals surface area contributed by atoms with Gasteiger partial charge in [-0.3, -0.25) is 4.79 Å². The molecule has 2 aromatic carbocycles. The van der Waals surface area contributed by atoms with Gasteiger partial charge in [0.25, 0.3) is 0 Å². The lowest BCUT2D eigenvalue weighted by atomic mass is 9.73. The summed E-state index contributed by atoms with van der Waals surface area (Å²) in [5.41, 5.74) is -7.51. The van der Waals surface area contributed by atoms with Gasteiger partial charge in [-0.25, -0.2) is 17.2 Å². The van der Waals surface area contributed by atoms with Crippen molar-refractivity contribution in [1.82, 2.24) is 4.90 Å². The monoisotopic (exact) mass is 595 g/mol. The van der Waals surface area contributed by atoms with E-state index in [2.05, 4.69) is 0 Å². The van der Waals surface area contributed by atoms with Crippen molar-refractivity contribution in [3.8, 4) is 0 Å². The number of likely N-dealkylation sites (tertiary alicyclic amines) is 1. The Bertz CT molecular complexity index is 1420. The lowest BCUT2D eigenvalue weighted by molar-refractivity contribution is -0.348. The summed E-state index contributed by atoms with van der Waals surface area (Å²) < 4.78 is 136. The number of aryl methyl sites for hydroxylation is 1. The minimum Gasteiger partial charge on any atom is -0.339 e. The van der Waals surface area contributed by atoms with Crippen LogP contribution >= 0.6 is 0 Å². The summed E-state index contributed by atoms with van der Waals surface area (Å²) in [4.78, 5) is 14.2. The first-order valence-corrected chi connectivity index (χ1v) is 14.2. The van der Waals surface area contributed by atoms with E-state index in [-0.39, 0.29) is 53.5 Å². The van der Waals surface area contributed by atoms with Crippen LogP contribution in [-0.4, -0.2) is 44.2 Å². The molecule has 0 N–H and O–H groups in total. The quantitative estimate of drug-likeness (QED) is 0.305. The number of sulfone groups is 1. The van der Waals surface area contributed by atoms with Crippen molar-refractivity contribution >= 4 is 15.7 Å². The number of carbonyl (C=O) groups is 1. The second-order valence-electron chi connectivity index (χ2n) is 10.8. The zero-order valence-electron chi connectivity index (χ0n) is 21.1. The molecule has 1 amide bonds. The number of carbonyl (C=O) groups excluding carboxylic acids is 1. The fraction of sp³-hybridized carbons (Fsp3) is 0.519. The second kappa shape index (κ2) is 9.15. The highest BCUT2D eigenvalue weighted by atomic mass is 32.2. The molecule has 2 fully saturated rings. The van der Waals surface area contributed by atoms with Gasteiger partial charge in [-0.05, 0) is 67.5 Å². The number of halogens is 8. The molecular weight excluding hydrogens is 570 g/mol. The molecule has 1 saturated heterocycles. The number of fused-ring (bicyclic) bond motifs is 3. The molecule has 2 aromatic rings. The van der Waals surface area contributed by atoms with Gasteiger partial charge >= 0.3 is 18.0 Å². The molecule has 2 aliphatic carbocycles. The molecule has 13 heteroatoms. The van der Waals surface area contributed by atoms with E-state index in [0.717, 1.165) is 30.3 Å². The lowest BCUT2D eigenvalue weighted by Crippen LogP contribution is -2.51. The van der Waals surface area contributed by atoms with Crippen LogP contribution in [0.5, 0.6) is 0 Å². The van der Waals surface area contributed by atoms with Crippen LogP contribution < -0.4 is 0 Å². The standard InChI is InChI=1S/C27H25F8NO3S/c1-15-11-13-36(23(15)37)22-10-12-24(40(38,39)19-6-4-18(28)5-7-19)20-9-3-17(14-16(20)2-8-21(22)24)25(29,26(30,31)32)27(33,34)35/h3-7,9,14-15,21-22H,2,8,10-13H2,1H3/t15?,21-,22+,24+/m0/s1. The van der Waals surface area contributed by atoms with Crippen LogP contribution in [0.3, 0.4) is 0 Å². The summed E-state index contributed by atoms with van der Waals surface area (Å²) >= 11 is 0. The average Bonchev–Trinajstić information content (AvgIpc) is 3.42. The fourth-order valence-corrected chi connectivity index (χ4v) is 9.36. The first kappa shape index (κ1) is 28.8. The third-order valence-electron chi connectivity index (χ3n) is 8.85. The van der Waals surface area contributed by atoms with Crippen molar-refractivity contribution in [2.45, 2.75) is 72.7 Å². The average molecular weight is 596 g/mol. The van der Waals surface area contributed by atoms with Crippen LogP contribution in [-0.2, 0) is 31.5 Å². The molecule has 3 aliphatic rings. The molecule has 0 radical (unpaired) electrons. The fourth-order valence-electron chi connectivity index (χ4n) is 6.90. The van der Waals surface area contributed by atoms with Crippen LogP contribution in [0.4, 0.5) is 35.1 Å². The van der Waals surface area contributed by atoms with Gasteiger partial charge in [0.15, 0.2) is 9.84 Å². The van der Waals surface area contributed by atoms with Crippen molar-refractivity contribution in [2.75, 3.05) is 6.54 Å². The van der Waals surface area contributed by atoms with Crippen LogP contribution in [0.1, 0.15) is 49.3 Å². The Morgan fingerprint density at radius 1 is 0.900 bits per heavy atom. The summed E-state index contributed by atoms with van der Waals surface area (Å²) in [7, 11) is -4.43. The molecule has 218 valence electrons. The van der Waals surface area contributed by atoms with Gasteiger partial charge in [-0.15, -0.1) is 0 Å². The van der Waals surface area contributed by atoms with Crippen molar-refractivity contribution in [2.24, 2.45) is 11.8 Å². The Hall–Kier alpha value is -2.70. The van der Waals surface area contributed by atoms with E-state index in [0.29, 0.717) is 25.1 Å².